The summed E-state index contributed by atoms with van der Waals surface area (Å²) in [4.78, 5) is 10.9. The summed E-state index contributed by atoms with van der Waals surface area (Å²) in [5.41, 5.74) is 8.14. The van der Waals surface area contributed by atoms with Crippen LogP contribution in [0.15, 0.2) is 59.7 Å². The summed E-state index contributed by atoms with van der Waals surface area (Å²) >= 11 is 0. The molecule has 0 amide bonds. The van der Waals surface area contributed by atoms with Crippen molar-refractivity contribution in [2.75, 3.05) is 31.6 Å². The Kier molecular flexibility index (Phi) is 6.91. The highest BCUT2D eigenvalue weighted by molar-refractivity contribution is 5.77. The second-order valence-corrected chi connectivity index (χ2v) is 5.38. The summed E-state index contributed by atoms with van der Waals surface area (Å²) < 4.78 is 0. The Bertz CT molecular complexity index is 583. The van der Waals surface area contributed by atoms with E-state index in [1.54, 1.807) is 6.20 Å². The number of benzene rings is 1. The highest BCUT2D eigenvalue weighted by Crippen LogP contribution is 2.10. The van der Waals surface area contributed by atoms with Gasteiger partial charge in [-0.1, -0.05) is 24.3 Å². The molecule has 0 radical (unpaired) electrons. The molecule has 5 heteroatoms. The lowest BCUT2D eigenvalue weighted by molar-refractivity contribution is 0.781. The molecule has 122 valence electrons. The first-order chi connectivity index (χ1) is 11.3. The van der Waals surface area contributed by atoms with Crippen LogP contribution in [0.2, 0.25) is 0 Å². The molecule has 0 spiro atoms. The van der Waals surface area contributed by atoms with Crippen LogP contribution in [0.4, 0.5) is 5.69 Å². The van der Waals surface area contributed by atoms with Crippen LogP contribution in [0.5, 0.6) is 0 Å². The third-order valence-electron chi connectivity index (χ3n) is 3.54. The number of nitrogens with zero attached hydrogens (tertiary/aromatic N) is 3. The minimum absolute atomic E-state index is 0.503. The summed E-state index contributed by atoms with van der Waals surface area (Å²) in [5, 5.41) is 3.13. The fourth-order valence-electron chi connectivity index (χ4n) is 2.24. The molecule has 0 saturated heterocycles. The van der Waals surface area contributed by atoms with Crippen LogP contribution in [0, 0.1) is 0 Å². The Morgan fingerprint density at radius 3 is 2.70 bits per heavy atom. The molecule has 1 aromatic heterocycles. The summed E-state index contributed by atoms with van der Waals surface area (Å²) in [7, 11) is 2.09. The Hall–Kier alpha value is -2.56. The van der Waals surface area contributed by atoms with Gasteiger partial charge in [-0.2, -0.15) is 0 Å². The third-order valence-corrected chi connectivity index (χ3v) is 3.54. The zero-order valence-electron chi connectivity index (χ0n) is 13.7. The number of hydrogen-bond acceptors (Lipinski definition) is 3. The molecule has 2 rings (SSSR count). The van der Waals surface area contributed by atoms with Crippen LogP contribution in [-0.4, -0.2) is 37.6 Å². The van der Waals surface area contributed by atoms with Crippen LogP contribution in [0.3, 0.4) is 0 Å². The van der Waals surface area contributed by atoms with Crippen LogP contribution in [0.25, 0.3) is 0 Å². The number of anilines is 1. The molecule has 2 aromatic rings. The molecule has 1 aromatic carbocycles. The fraction of sp³-hybridized carbons (Fsp3) is 0.333. The predicted octanol–water partition coefficient (Wildman–Crippen LogP) is 2.05. The van der Waals surface area contributed by atoms with Crippen molar-refractivity contribution in [1.29, 1.82) is 0 Å². The lowest BCUT2D eigenvalue weighted by Crippen LogP contribution is -2.33. The van der Waals surface area contributed by atoms with E-state index >= 15 is 0 Å². The van der Waals surface area contributed by atoms with Gasteiger partial charge in [0.15, 0.2) is 5.96 Å². The third kappa shape index (κ3) is 6.38. The van der Waals surface area contributed by atoms with Gasteiger partial charge in [-0.05, 0) is 30.7 Å². The van der Waals surface area contributed by atoms with Gasteiger partial charge >= 0.3 is 0 Å². The van der Waals surface area contributed by atoms with Gasteiger partial charge in [-0.3, -0.25) is 9.98 Å². The van der Waals surface area contributed by atoms with Crippen LogP contribution in [0.1, 0.15) is 12.1 Å². The topological polar surface area (TPSA) is 66.5 Å². The monoisotopic (exact) mass is 311 g/mol. The average Bonchev–Trinajstić information content (AvgIpc) is 2.60. The highest BCUT2D eigenvalue weighted by Gasteiger charge is 1.99. The van der Waals surface area contributed by atoms with Crippen molar-refractivity contribution in [2.24, 2.45) is 10.7 Å². The normalized spacial score (nSPS) is 11.3. The minimum atomic E-state index is 0.503. The van der Waals surface area contributed by atoms with E-state index in [1.807, 2.05) is 36.4 Å². The van der Waals surface area contributed by atoms with Crippen molar-refractivity contribution < 1.29 is 0 Å². The van der Waals surface area contributed by atoms with Gasteiger partial charge in [0.25, 0.3) is 0 Å². The van der Waals surface area contributed by atoms with E-state index in [9.17, 15) is 0 Å². The maximum Gasteiger partial charge on any atom is 0.188 e. The van der Waals surface area contributed by atoms with E-state index < -0.39 is 0 Å². The second-order valence-electron chi connectivity index (χ2n) is 5.38. The van der Waals surface area contributed by atoms with Crippen LogP contribution < -0.4 is 16.0 Å². The SMILES string of the molecule is CN(CCCN=C(N)NCCc1ccccn1)c1ccccc1. The van der Waals surface area contributed by atoms with E-state index in [1.165, 1.54) is 5.69 Å². The molecule has 0 aliphatic carbocycles. The molecule has 23 heavy (non-hydrogen) atoms. The largest absolute Gasteiger partial charge is 0.375 e. The number of para-hydroxylation sites is 1. The Morgan fingerprint density at radius 2 is 1.96 bits per heavy atom. The first-order valence-corrected chi connectivity index (χ1v) is 7.95. The van der Waals surface area contributed by atoms with Gasteiger partial charge in [0.05, 0.1) is 0 Å². The molecule has 0 aliphatic heterocycles. The first kappa shape index (κ1) is 16.8. The molecule has 3 N–H and O–H groups in total. The van der Waals surface area contributed by atoms with Gasteiger partial charge in [0.1, 0.15) is 0 Å². The van der Waals surface area contributed by atoms with Crippen molar-refractivity contribution in [3.8, 4) is 0 Å². The summed E-state index contributed by atoms with van der Waals surface area (Å²) in [5.74, 6) is 0.503. The van der Waals surface area contributed by atoms with Crippen molar-refractivity contribution in [3.05, 3.63) is 60.4 Å². The number of pyridine rings is 1. The molecular weight excluding hydrogens is 286 g/mol. The number of nitrogens with two attached hydrogens (primary N) is 1. The standard InChI is InChI=1S/C18H25N5/c1-23(17-9-3-2-4-10-17)15-7-13-21-18(19)22-14-11-16-8-5-6-12-20-16/h2-6,8-10,12H,7,11,13-15H2,1H3,(H3,19,21,22). The number of guanidine groups is 1. The Morgan fingerprint density at radius 1 is 1.17 bits per heavy atom. The minimum Gasteiger partial charge on any atom is -0.375 e. The quantitative estimate of drug-likeness (QED) is 0.445. The van der Waals surface area contributed by atoms with Gasteiger partial charge in [-0.25, -0.2) is 0 Å². The number of rotatable bonds is 8. The van der Waals surface area contributed by atoms with E-state index in [2.05, 4.69) is 39.4 Å². The molecule has 0 aliphatic rings. The number of aromatic nitrogens is 1. The Balaban J connectivity index is 1.61. The highest BCUT2D eigenvalue weighted by atomic mass is 15.1. The molecule has 1 heterocycles. The lowest BCUT2D eigenvalue weighted by atomic mass is 10.3. The Labute approximate surface area is 138 Å². The smallest absolute Gasteiger partial charge is 0.188 e. The van der Waals surface area contributed by atoms with Gasteiger partial charge in [0, 0.05) is 50.7 Å². The van der Waals surface area contributed by atoms with E-state index in [-0.39, 0.29) is 0 Å². The van der Waals surface area contributed by atoms with Crippen LogP contribution in [-0.2, 0) is 6.42 Å². The van der Waals surface area contributed by atoms with E-state index in [4.69, 9.17) is 5.73 Å². The zero-order valence-corrected chi connectivity index (χ0v) is 13.7. The summed E-state index contributed by atoms with van der Waals surface area (Å²) in [6.07, 6.45) is 3.61. The van der Waals surface area contributed by atoms with Crippen LogP contribution >= 0.6 is 0 Å². The lowest BCUT2D eigenvalue weighted by Gasteiger charge is -2.18. The maximum absolute atomic E-state index is 5.87. The number of aliphatic imine (C=N–C) groups is 1. The second kappa shape index (κ2) is 9.46. The summed E-state index contributed by atoms with van der Waals surface area (Å²) in [6, 6.07) is 16.3. The van der Waals surface area contributed by atoms with E-state index in [0.29, 0.717) is 5.96 Å². The molecule has 0 saturated carbocycles. The van der Waals surface area contributed by atoms with Gasteiger partial charge < -0.3 is 16.0 Å². The predicted molar refractivity (Wildman–Crippen MR) is 96.8 cm³/mol. The maximum atomic E-state index is 5.87. The van der Waals surface area contributed by atoms with Crippen molar-refractivity contribution >= 4 is 11.6 Å². The molecule has 0 fully saturated rings. The number of hydrogen-bond donors (Lipinski definition) is 2. The van der Waals surface area contributed by atoms with Gasteiger partial charge in [-0.15, -0.1) is 0 Å². The zero-order chi connectivity index (χ0) is 16.3. The summed E-state index contributed by atoms with van der Waals surface area (Å²) in [6.45, 7) is 2.42. The molecule has 0 atom stereocenters. The van der Waals surface area contributed by atoms with Crippen molar-refractivity contribution in [2.45, 2.75) is 12.8 Å². The molecule has 5 nitrogen and oxygen atoms in total. The van der Waals surface area contributed by atoms with E-state index in [0.717, 1.165) is 38.2 Å². The fourth-order valence-corrected chi connectivity index (χ4v) is 2.24. The van der Waals surface area contributed by atoms with Gasteiger partial charge in [0.2, 0.25) is 0 Å². The van der Waals surface area contributed by atoms with Crippen molar-refractivity contribution in [3.63, 3.8) is 0 Å². The number of nitrogens with one attached hydrogen (secondary N) is 1. The molecule has 0 unspecified atom stereocenters. The average molecular weight is 311 g/mol. The molecular formula is C18H25N5. The van der Waals surface area contributed by atoms with Crippen molar-refractivity contribution in [1.82, 2.24) is 10.3 Å². The molecule has 0 bridgehead atoms. The first-order valence-electron chi connectivity index (χ1n) is 7.95.